The number of benzene rings is 1. The molecule has 2 aliphatic rings. The van der Waals surface area contributed by atoms with Crippen LogP contribution in [0, 0.1) is 18.2 Å². The molecule has 1 unspecified atom stereocenters. The molecule has 3 atom stereocenters. The zero-order valence-electron chi connectivity index (χ0n) is 13.0. The van der Waals surface area contributed by atoms with Gasteiger partial charge in [-0.15, -0.1) is 0 Å². The summed E-state index contributed by atoms with van der Waals surface area (Å²) in [5.41, 5.74) is -0.177. The second-order valence-electron chi connectivity index (χ2n) is 6.95. The number of fused-ring (bicyclic) bond motifs is 1. The maximum Gasteiger partial charge on any atom is 0.259 e. The third-order valence-electron chi connectivity index (χ3n) is 5.27. The largest absolute Gasteiger partial charge is 0.332 e. The number of carbonyl (C=O) groups excluding carboxylic acids is 1. The molecule has 2 fully saturated rings. The lowest BCUT2D eigenvalue weighted by Crippen LogP contribution is -2.44. The van der Waals surface area contributed by atoms with E-state index < -0.39 is 17.2 Å². The number of hydrogen-bond acceptors (Lipinski definition) is 1. The fourth-order valence-electron chi connectivity index (χ4n) is 3.89. The number of carbonyl (C=O) groups is 1. The van der Waals surface area contributed by atoms with Crippen molar-refractivity contribution in [1.29, 1.82) is 0 Å². The molecular formula is C17H20F3NO. The SMILES string of the molecule is Cc1cc(F)cc([C@H]2CC[C@H]3CC(C)(C(C)(F)F)C(=O)N32)c1. The summed E-state index contributed by atoms with van der Waals surface area (Å²) in [5.74, 6) is -3.92. The summed E-state index contributed by atoms with van der Waals surface area (Å²) in [6, 6.07) is 4.20. The van der Waals surface area contributed by atoms with Crippen LogP contribution in [-0.4, -0.2) is 22.8 Å². The number of hydrogen-bond donors (Lipinski definition) is 0. The molecule has 2 nitrogen and oxygen atoms in total. The fraction of sp³-hybridized carbons (Fsp3) is 0.588. The van der Waals surface area contributed by atoms with Gasteiger partial charge in [0.25, 0.3) is 5.92 Å². The number of alkyl halides is 2. The molecule has 0 spiro atoms. The van der Waals surface area contributed by atoms with Crippen molar-refractivity contribution in [2.45, 2.75) is 58.0 Å². The first-order valence-electron chi connectivity index (χ1n) is 7.61. The van der Waals surface area contributed by atoms with Gasteiger partial charge in [0.2, 0.25) is 5.91 Å². The van der Waals surface area contributed by atoms with Gasteiger partial charge in [-0.2, -0.15) is 0 Å². The molecule has 0 aliphatic carbocycles. The van der Waals surface area contributed by atoms with E-state index in [1.165, 1.54) is 19.1 Å². The maximum absolute atomic E-state index is 13.9. The fourth-order valence-corrected chi connectivity index (χ4v) is 3.89. The summed E-state index contributed by atoms with van der Waals surface area (Å²) in [4.78, 5) is 14.2. The predicted octanol–water partition coefficient (Wildman–Crippen LogP) is 4.23. The zero-order valence-corrected chi connectivity index (χ0v) is 13.0. The second kappa shape index (κ2) is 4.74. The second-order valence-corrected chi connectivity index (χ2v) is 6.95. The molecule has 3 rings (SSSR count). The average molecular weight is 311 g/mol. The third kappa shape index (κ3) is 2.13. The first-order chi connectivity index (χ1) is 10.1. The van der Waals surface area contributed by atoms with Gasteiger partial charge >= 0.3 is 0 Å². The van der Waals surface area contributed by atoms with Gasteiger partial charge in [-0.05, 0) is 56.4 Å². The quantitative estimate of drug-likeness (QED) is 0.800. The van der Waals surface area contributed by atoms with Crippen molar-refractivity contribution in [2.75, 3.05) is 0 Å². The highest BCUT2D eigenvalue weighted by molar-refractivity contribution is 5.87. The minimum atomic E-state index is -3.06. The lowest BCUT2D eigenvalue weighted by atomic mass is 9.80. The van der Waals surface area contributed by atoms with Crippen LogP contribution in [0.15, 0.2) is 18.2 Å². The van der Waals surface area contributed by atoms with E-state index in [0.29, 0.717) is 18.4 Å². The van der Waals surface area contributed by atoms with Crippen molar-refractivity contribution in [3.05, 3.63) is 35.1 Å². The maximum atomic E-state index is 13.9. The number of rotatable bonds is 2. The van der Waals surface area contributed by atoms with Gasteiger partial charge in [-0.25, -0.2) is 13.2 Å². The van der Waals surface area contributed by atoms with Crippen LogP contribution in [0.2, 0.25) is 0 Å². The van der Waals surface area contributed by atoms with E-state index in [1.807, 2.05) is 6.07 Å². The molecule has 0 radical (unpaired) electrons. The molecule has 2 heterocycles. The van der Waals surface area contributed by atoms with E-state index in [2.05, 4.69) is 0 Å². The Labute approximate surface area is 128 Å². The molecule has 1 amide bonds. The average Bonchev–Trinajstić information content (AvgIpc) is 2.88. The first-order valence-corrected chi connectivity index (χ1v) is 7.61. The van der Waals surface area contributed by atoms with E-state index in [4.69, 9.17) is 0 Å². The Balaban J connectivity index is 1.97. The number of aryl methyl sites for hydroxylation is 1. The smallest absolute Gasteiger partial charge is 0.259 e. The first kappa shape index (κ1) is 15.4. The van der Waals surface area contributed by atoms with Gasteiger partial charge in [0.15, 0.2) is 0 Å². The summed E-state index contributed by atoms with van der Waals surface area (Å²) >= 11 is 0. The van der Waals surface area contributed by atoms with Crippen LogP contribution in [0.25, 0.3) is 0 Å². The Morgan fingerprint density at radius 3 is 2.55 bits per heavy atom. The van der Waals surface area contributed by atoms with Gasteiger partial charge in [0.05, 0.1) is 6.04 Å². The summed E-state index contributed by atoms with van der Waals surface area (Å²) in [6.45, 7) is 3.95. The molecule has 1 aromatic rings. The van der Waals surface area contributed by atoms with Gasteiger partial charge in [-0.1, -0.05) is 6.07 Å². The minimum absolute atomic E-state index is 0.167. The van der Waals surface area contributed by atoms with Crippen molar-refractivity contribution in [3.63, 3.8) is 0 Å². The minimum Gasteiger partial charge on any atom is -0.332 e. The summed E-state index contributed by atoms with van der Waals surface area (Å²) in [7, 11) is 0. The predicted molar refractivity (Wildman–Crippen MR) is 77.1 cm³/mol. The zero-order chi connectivity index (χ0) is 16.3. The van der Waals surface area contributed by atoms with Crippen molar-refractivity contribution in [3.8, 4) is 0 Å². The molecule has 0 aromatic heterocycles. The van der Waals surface area contributed by atoms with Gasteiger partial charge < -0.3 is 4.90 Å². The number of amides is 1. The van der Waals surface area contributed by atoms with Crippen LogP contribution in [0.5, 0.6) is 0 Å². The van der Waals surface area contributed by atoms with Crippen LogP contribution in [0.4, 0.5) is 13.2 Å². The molecule has 120 valence electrons. The van der Waals surface area contributed by atoms with Crippen molar-refractivity contribution in [2.24, 2.45) is 5.41 Å². The van der Waals surface area contributed by atoms with E-state index in [-0.39, 0.29) is 24.3 Å². The van der Waals surface area contributed by atoms with Crippen molar-refractivity contribution >= 4 is 5.91 Å². The number of nitrogens with zero attached hydrogens (tertiary/aromatic N) is 1. The summed E-state index contributed by atoms with van der Waals surface area (Å²) < 4.78 is 41.5. The van der Waals surface area contributed by atoms with Crippen LogP contribution in [0.1, 0.15) is 50.3 Å². The Hall–Kier alpha value is -1.52. The standard InChI is InChI=1S/C17H20F3NO/c1-10-6-11(8-12(18)7-10)14-5-4-13-9-16(2,17(3,19)20)15(22)21(13)14/h6-8,13-14H,4-5,9H2,1-3H3/t13-,14+,16?/m0/s1. The normalized spacial score (nSPS) is 31.7. The molecule has 1 aromatic carbocycles. The van der Waals surface area contributed by atoms with Crippen molar-refractivity contribution < 1.29 is 18.0 Å². The van der Waals surface area contributed by atoms with Crippen LogP contribution in [0.3, 0.4) is 0 Å². The van der Waals surface area contributed by atoms with Crippen LogP contribution in [-0.2, 0) is 4.79 Å². The highest BCUT2D eigenvalue weighted by Crippen LogP contribution is 2.54. The Morgan fingerprint density at radius 1 is 1.27 bits per heavy atom. The van der Waals surface area contributed by atoms with E-state index >= 15 is 0 Å². The highest BCUT2D eigenvalue weighted by atomic mass is 19.3. The summed E-state index contributed by atoms with van der Waals surface area (Å²) in [6.07, 6.45) is 1.56. The van der Waals surface area contributed by atoms with Gasteiger partial charge in [0, 0.05) is 13.0 Å². The molecule has 2 saturated heterocycles. The van der Waals surface area contributed by atoms with E-state index in [9.17, 15) is 18.0 Å². The molecule has 2 aliphatic heterocycles. The van der Waals surface area contributed by atoms with Crippen molar-refractivity contribution in [1.82, 2.24) is 4.90 Å². The van der Waals surface area contributed by atoms with E-state index in [0.717, 1.165) is 12.5 Å². The molecular weight excluding hydrogens is 291 g/mol. The molecule has 0 saturated carbocycles. The topological polar surface area (TPSA) is 20.3 Å². The van der Waals surface area contributed by atoms with Gasteiger partial charge in [-0.3, -0.25) is 4.79 Å². The van der Waals surface area contributed by atoms with Gasteiger partial charge in [0.1, 0.15) is 11.2 Å². The lowest BCUT2D eigenvalue weighted by Gasteiger charge is -2.31. The van der Waals surface area contributed by atoms with Crippen LogP contribution >= 0.6 is 0 Å². The third-order valence-corrected chi connectivity index (χ3v) is 5.27. The van der Waals surface area contributed by atoms with E-state index in [1.54, 1.807) is 11.8 Å². The Morgan fingerprint density at radius 2 is 1.95 bits per heavy atom. The summed E-state index contributed by atoms with van der Waals surface area (Å²) in [5, 5.41) is 0. The highest BCUT2D eigenvalue weighted by Gasteiger charge is 2.62. The molecule has 5 heteroatoms. The number of halogens is 3. The van der Waals surface area contributed by atoms with Crippen LogP contribution < -0.4 is 0 Å². The Kier molecular flexibility index (Phi) is 3.31. The molecule has 22 heavy (non-hydrogen) atoms. The Bertz CT molecular complexity index is 605. The lowest BCUT2D eigenvalue weighted by molar-refractivity contribution is -0.156. The monoisotopic (exact) mass is 311 g/mol. The molecule has 0 bridgehead atoms. The molecule has 0 N–H and O–H groups in total.